The van der Waals surface area contributed by atoms with Crippen molar-refractivity contribution in [3.05, 3.63) is 97.2 Å². The van der Waals surface area contributed by atoms with Gasteiger partial charge in [0.15, 0.2) is 6.10 Å². The number of esters is 3. The van der Waals surface area contributed by atoms with Crippen LogP contribution in [0.4, 0.5) is 0 Å². The van der Waals surface area contributed by atoms with E-state index in [1.165, 1.54) is 103 Å². The van der Waals surface area contributed by atoms with Gasteiger partial charge in [-0.05, 0) is 103 Å². The van der Waals surface area contributed by atoms with Crippen LogP contribution in [0.5, 0.6) is 0 Å². The minimum Gasteiger partial charge on any atom is -0.462 e. The van der Waals surface area contributed by atoms with Crippen LogP contribution in [0.25, 0.3) is 0 Å². The summed E-state index contributed by atoms with van der Waals surface area (Å²) in [6.07, 6.45) is 74.2. The fraction of sp³-hybridized carbons (Fsp3) is 0.694. The lowest BCUT2D eigenvalue weighted by molar-refractivity contribution is -0.167. The fourth-order valence-electron chi connectivity index (χ4n) is 7.59. The van der Waals surface area contributed by atoms with Crippen LogP contribution in [0.1, 0.15) is 258 Å². The van der Waals surface area contributed by atoms with Gasteiger partial charge >= 0.3 is 17.9 Å². The Balaban J connectivity index is 4.24. The molecule has 0 aromatic rings. The van der Waals surface area contributed by atoms with Crippen molar-refractivity contribution in [1.29, 1.82) is 0 Å². The molecule has 0 rings (SSSR count). The third kappa shape index (κ3) is 53.3. The highest BCUT2D eigenvalue weighted by atomic mass is 16.6. The van der Waals surface area contributed by atoms with E-state index in [0.29, 0.717) is 19.3 Å². The maximum atomic E-state index is 12.8. The summed E-state index contributed by atoms with van der Waals surface area (Å²) in [6, 6.07) is 0. The first-order chi connectivity index (χ1) is 33.5. The number of carbonyl (C=O) groups is 3. The zero-order chi connectivity index (χ0) is 49.3. The van der Waals surface area contributed by atoms with Crippen LogP contribution in [0.15, 0.2) is 97.2 Å². The van der Waals surface area contributed by atoms with Crippen LogP contribution in [0, 0.1) is 0 Å². The van der Waals surface area contributed by atoms with Crippen LogP contribution in [-0.2, 0) is 28.6 Å². The van der Waals surface area contributed by atoms with E-state index in [9.17, 15) is 14.4 Å². The predicted molar refractivity (Wildman–Crippen MR) is 293 cm³/mol. The summed E-state index contributed by atoms with van der Waals surface area (Å²) in [5, 5.41) is 0. The summed E-state index contributed by atoms with van der Waals surface area (Å²) in [4.78, 5) is 37.9. The number of carbonyl (C=O) groups excluding carboxylic acids is 3. The van der Waals surface area contributed by atoms with Gasteiger partial charge in [-0.25, -0.2) is 0 Å². The molecule has 6 heteroatoms. The molecule has 0 N–H and O–H groups in total. The Morgan fingerprint density at radius 2 is 0.574 bits per heavy atom. The predicted octanol–water partition coefficient (Wildman–Crippen LogP) is 18.9. The first-order valence-electron chi connectivity index (χ1n) is 28.2. The molecule has 0 aliphatic carbocycles. The second kappa shape index (κ2) is 55.9. The molecule has 0 aliphatic heterocycles. The van der Waals surface area contributed by atoms with Gasteiger partial charge < -0.3 is 14.2 Å². The van der Waals surface area contributed by atoms with E-state index in [2.05, 4.69) is 118 Å². The van der Waals surface area contributed by atoms with Crippen LogP contribution < -0.4 is 0 Å². The lowest BCUT2D eigenvalue weighted by Gasteiger charge is -2.18. The quantitative estimate of drug-likeness (QED) is 0.0262. The maximum absolute atomic E-state index is 12.8. The van der Waals surface area contributed by atoms with Gasteiger partial charge in [0.05, 0.1) is 0 Å². The molecule has 0 bridgehead atoms. The van der Waals surface area contributed by atoms with Crippen molar-refractivity contribution in [3.63, 3.8) is 0 Å². The number of ether oxygens (including phenoxy) is 3. The van der Waals surface area contributed by atoms with Crippen LogP contribution >= 0.6 is 0 Å². The van der Waals surface area contributed by atoms with E-state index in [1.54, 1.807) is 0 Å². The lowest BCUT2D eigenvalue weighted by atomic mass is 10.1. The molecule has 1 unspecified atom stereocenters. The molecule has 0 saturated carbocycles. The third-order valence-electron chi connectivity index (χ3n) is 11.8. The van der Waals surface area contributed by atoms with E-state index in [1.807, 2.05) is 0 Å². The van der Waals surface area contributed by atoms with Crippen molar-refractivity contribution < 1.29 is 28.6 Å². The molecule has 0 spiro atoms. The van der Waals surface area contributed by atoms with Gasteiger partial charge in [0.1, 0.15) is 13.2 Å². The first kappa shape index (κ1) is 64.3. The Morgan fingerprint density at radius 1 is 0.309 bits per heavy atom. The topological polar surface area (TPSA) is 78.9 Å². The standard InChI is InChI=1S/C62H104O6/c1-4-7-10-13-16-18-20-22-24-26-28-30-31-33-34-36-38-40-42-44-46-49-52-55-61(64)67-58-59(57-66-60(63)54-51-48-15-12-9-6-3)68-62(65)56-53-50-47-45-43-41-39-37-35-32-29-27-25-23-21-19-17-14-11-8-5-2/h7,10,16,18,21-24,27-30,33-34,38,40,59H,4-6,8-9,11-15,17,19-20,25-26,31-32,35-37,39,41-58H2,1-3H3/b10-7-,18-16-,23-21-,24-22-,29-27-,30-28-,34-33-,40-38-. The average molecular weight is 946 g/mol. The van der Waals surface area contributed by atoms with E-state index < -0.39 is 6.10 Å². The zero-order valence-electron chi connectivity index (χ0n) is 44.3. The average Bonchev–Trinajstić information content (AvgIpc) is 3.34. The highest BCUT2D eigenvalue weighted by Gasteiger charge is 2.19. The first-order valence-corrected chi connectivity index (χ1v) is 28.2. The largest absolute Gasteiger partial charge is 0.462 e. The molecule has 6 nitrogen and oxygen atoms in total. The Hall–Kier alpha value is -3.67. The van der Waals surface area contributed by atoms with Crippen molar-refractivity contribution >= 4 is 17.9 Å². The summed E-state index contributed by atoms with van der Waals surface area (Å²) in [6.45, 7) is 6.43. The minimum atomic E-state index is -0.788. The molecule has 0 aromatic carbocycles. The molecule has 0 heterocycles. The molecule has 0 aromatic heterocycles. The van der Waals surface area contributed by atoms with E-state index >= 15 is 0 Å². The normalized spacial score (nSPS) is 12.8. The monoisotopic (exact) mass is 945 g/mol. The maximum Gasteiger partial charge on any atom is 0.306 e. The molecule has 68 heavy (non-hydrogen) atoms. The van der Waals surface area contributed by atoms with Crippen molar-refractivity contribution in [2.45, 2.75) is 264 Å². The molecule has 1 atom stereocenters. The molecule has 0 radical (unpaired) electrons. The van der Waals surface area contributed by atoms with Crippen molar-refractivity contribution in [2.24, 2.45) is 0 Å². The summed E-state index contributed by atoms with van der Waals surface area (Å²) in [5.74, 6) is -0.927. The minimum absolute atomic E-state index is 0.0881. The van der Waals surface area contributed by atoms with E-state index in [-0.39, 0.29) is 31.1 Å². The van der Waals surface area contributed by atoms with Crippen LogP contribution in [0.2, 0.25) is 0 Å². The summed E-state index contributed by atoms with van der Waals surface area (Å²) >= 11 is 0. The zero-order valence-corrected chi connectivity index (χ0v) is 44.3. The van der Waals surface area contributed by atoms with E-state index in [4.69, 9.17) is 14.2 Å². The molecular weight excluding hydrogens is 841 g/mol. The number of rotatable bonds is 50. The van der Waals surface area contributed by atoms with Gasteiger partial charge in [-0.1, -0.05) is 234 Å². The highest BCUT2D eigenvalue weighted by molar-refractivity contribution is 5.71. The van der Waals surface area contributed by atoms with Gasteiger partial charge in [0.25, 0.3) is 0 Å². The number of unbranched alkanes of at least 4 members (excludes halogenated alkanes) is 23. The summed E-state index contributed by atoms with van der Waals surface area (Å²) < 4.78 is 16.7. The molecule has 0 aliphatic rings. The van der Waals surface area contributed by atoms with Gasteiger partial charge in [0, 0.05) is 19.3 Å². The van der Waals surface area contributed by atoms with Crippen molar-refractivity contribution in [3.8, 4) is 0 Å². The summed E-state index contributed by atoms with van der Waals surface area (Å²) in [7, 11) is 0. The number of hydrogen-bond donors (Lipinski definition) is 0. The number of allylic oxidation sites excluding steroid dienone is 16. The summed E-state index contributed by atoms with van der Waals surface area (Å²) in [5.41, 5.74) is 0. The molecule has 0 amide bonds. The van der Waals surface area contributed by atoms with Crippen LogP contribution in [0.3, 0.4) is 0 Å². The van der Waals surface area contributed by atoms with Gasteiger partial charge in [-0.2, -0.15) is 0 Å². The Labute approximate surface area is 419 Å². The molecule has 0 fully saturated rings. The molecule has 388 valence electrons. The Morgan fingerprint density at radius 3 is 0.897 bits per heavy atom. The molecule has 0 saturated heterocycles. The smallest absolute Gasteiger partial charge is 0.306 e. The number of hydrogen-bond acceptors (Lipinski definition) is 6. The fourth-order valence-corrected chi connectivity index (χ4v) is 7.59. The van der Waals surface area contributed by atoms with Crippen LogP contribution in [-0.4, -0.2) is 37.2 Å². The van der Waals surface area contributed by atoms with Crippen molar-refractivity contribution in [2.75, 3.05) is 13.2 Å². The third-order valence-corrected chi connectivity index (χ3v) is 11.8. The van der Waals surface area contributed by atoms with Gasteiger partial charge in [-0.15, -0.1) is 0 Å². The lowest BCUT2D eigenvalue weighted by Crippen LogP contribution is -2.30. The second-order valence-corrected chi connectivity index (χ2v) is 18.5. The Kier molecular flexibility index (Phi) is 52.9. The highest BCUT2D eigenvalue weighted by Crippen LogP contribution is 2.14. The Bertz CT molecular complexity index is 1360. The SMILES string of the molecule is CC/C=C\C/C=C\C/C=C\C/C=C\C/C=C\C/C=C\CCCCCCC(=O)OCC(COC(=O)CCCCCCCC)OC(=O)CCCCCCCCCCC/C=C\C/C=C\CCCCCCC. The second-order valence-electron chi connectivity index (χ2n) is 18.5. The van der Waals surface area contributed by atoms with E-state index in [0.717, 1.165) is 116 Å². The molecular formula is C62H104O6. The van der Waals surface area contributed by atoms with Gasteiger partial charge in [0.2, 0.25) is 0 Å². The van der Waals surface area contributed by atoms with Crippen molar-refractivity contribution in [1.82, 2.24) is 0 Å². The van der Waals surface area contributed by atoms with Gasteiger partial charge in [-0.3, -0.25) is 14.4 Å².